The summed E-state index contributed by atoms with van der Waals surface area (Å²) in [5.41, 5.74) is 0.949. The van der Waals surface area contributed by atoms with Crippen LogP contribution < -0.4 is 10.3 Å². The van der Waals surface area contributed by atoms with Gasteiger partial charge in [0.25, 0.3) is 5.56 Å². The number of ether oxygens (including phenoxy) is 2. The van der Waals surface area contributed by atoms with E-state index in [1.54, 1.807) is 0 Å². The molecule has 2 heterocycles. The Bertz CT molecular complexity index is 1120. The van der Waals surface area contributed by atoms with Crippen molar-refractivity contribution in [2.45, 2.75) is 32.8 Å². The van der Waals surface area contributed by atoms with E-state index in [-0.39, 0.29) is 29.3 Å². The average Bonchev–Trinajstić information content (AvgIpc) is 3.03. The average molecular weight is 402 g/mol. The maximum atomic E-state index is 13.8. The number of carbonyl (C=O) groups excluding carboxylic acids is 1. The number of aryl methyl sites for hydroxylation is 1. The molecule has 0 radical (unpaired) electrons. The molecule has 2 aromatic heterocycles. The SMILES string of the molecule is COc1ccc(C(=O)OCc2nc3sc4c(c3c(=O)[nH]2)CC[C@H](C)C4)cc1F. The summed E-state index contributed by atoms with van der Waals surface area (Å²) in [4.78, 5) is 33.8. The minimum atomic E-state index is -0.705. The number of methoxy groups -OCH3 is 1. The summed E-state index contributed by atoms with van der Waals surface area (Å²) in [7, 11) is 1.34. The highest BCUT2D eigenvalue weighted by Crippen LogP contribution is 2.35. The van der Waals surface area contributed by atoms with Gasteiger partial charge in [0.1, 0.15) is 17.3 Å². The van der Waals surface area contributed by atoms with E-state index in [0.29, 0.717) is 16.1 Å². The Hall–Kier alpha value is -2.74. The number of hydrogen-bond donors (Lipinski definition) is 1. The molecule has 28 heavy (non-hydrogen) atoms. The summed E-state index contributed by atoms with van der Waals surface area (Å²) in [5.74, 6) is -0.438. The lowest BCUT2D eigenvalue weighted by Crippen LogP contribution is -2.16. The van der Waals surface area contributed by atoms with Gasteiger partial charge in [-0.1, -0.05) is 6.92 Å². The number of aromatic nitrogens is 2. The molecule has 0 fully saturated rings. The van der Waals surface area contributed by atoms with E-state index >= 15 is 0 Å². The Balaban J connectivity index is 1.54. The van der Waals surface area contributed by atoms with Crippen molar-refractivity contribution >= 4 is 27.5 Å². The maximum Gasteiger partial charge on any atom is 0.338 e. The van der Waals surface area contributed by atoms with E-state index in [9.17, 15) is 14.0 Å². The Morgan fingerprint density at radius 1 is 1.43 bits per heavy atom. The van der Waals surface area contributed by atoms with Crippen LogP contribution in [0.5, 0.6) is 5.75 Å². The number of esters is 1. The summed E-state index contributed by atoms with van der Waals surface area (Å²) in [6.45, 7) is 2.01. The van der Waals surface area contributed by atoms with Gasteiger partial charge in [-0.3, -0.25) is 4.79 Å². The molecule has 0 saturated carbocycles. The van der Waals surface area contributed by atoms with Crippen molar-refractivity contribution in [3.63, 3.8) is 0 Å². The van der Waals surface area contributed by atoms with E-state index in [0.717, 1.165) is 30.9 Å². The predicted molar refractivity (Wildman–Crippen MR) is 104 cm³/mol. The molecule has 1 aliphatic rings. The van der Waals surface area contributed by atoms with Crippen molar-refractivity contribution < 1.29 is 18.7 Å². The van der Waals surface area contributed by atoms with Crippen LogP contribution in [0, 0.1) is 11.7 Å². The highest BCUT2D eigenvalue weighted by Gasteiger charge is 2.23. The number of hydrogen-bond acceptors (Lipinski definition) is 6. The van der Waals surface area contributed by atoms with Gasteiger partial charge in [-0.2, -0.15) is 0 Å². The second-order valence-electron chi connectivity index (χ2n) is 6.97. The topological polar surface area (TPSA) is 81.3 Å². The molecule has 1 aliphatic carbocycles. The summed E-state index contributed by atoms with van der Waals surface area (Å²) < 4.78 is 23.8. The van der Waals surface area contributed by atoms with Gasteiger partial charge in [0.15, 0.2) is 11.6 Å². The minimum Gasteiger partial charge on any atom is -0.494 e. The van der Waals surface area contributed by atoms with Gasteiger partial charge in [0.05, 0.1) is 18.1 Å². The fourth-order valence-electron chi connectivity index (χ4n) is 3.47. The molecule has 1 aromatic carbocycles. The Labute approximate surface area is 164 Å². The Morgan fingerprint density at radius 3 is 3.00 bits per heavy atom. The minimum absolute atomic E-state index is 0.0454. The smallest absolute Gasteiger partial charge is 0.338 e. The molecule has 0 unspecified atom stereocenters. The van der Waals surface area contributed by atoms with Crippen LogP contribution in [-0.2, 0) is 24.2 Å². The van der Waals surface area contributed by atoms with Gasteiger partial charge >= 0.3 is 5.97 Å². The second kappa shape index (κ2) is 7.35. The summed E-state index contributed by atoms with van der Waals surface area (Å²) >= 11 is 1.53. The van der Waals surface area contributed by atoms with Crippen LogP contribution in [0.2, 0.25) is 0 Å². The zero-order chi connectivity index (χ0) is 19.8. The quantitative estimate of drug-likeness (QED) is 0.674. The molecule has 4 rings (SSSR count). The number of benzene rings is 1. The third kappa shape index (κ3) is 3.40. The Morgan fingerprint density at radius 2 is 2.25 bits per heavy atom. The van der Waals surface area contributed by atoms with Gasteiger partial charge in [0, 0.05) is 4.88 Å². The molecule has 146 valence electrons. The normalized spacial score (nSPS) is 16.0. The summed E-state index contributed by atoms with van der Waals surface area (Å²) in [6.07, 6.45) is 2.91. The number of nitrogens with one attached hydrogen (secondary N) is 1. The van der Waals surface area contributed by atoms with Gasteiger partial charge in [-0.25, -0.2) is 14.2 Å². The fraction of sp³-hybridized carbons (Fsp3) is 0.350. The van der Waals surface area contributed by atoms with Crippen molar-refractivity contribution in [1.82, 2.24) is 9.97 Å². The molecule has 8 heteroatoms. The lowest BCUT2D eigenvalue weighted by atomic mass is 9.89. The van der Waals surface area contributed by atoms with Crippen molar-refractivity contribution in [3.05, 3.63) is 56.2 Å². The number of fused-ring (bicyclic) bond motifs is 3. The summed E-state index contributed by atoms with van der Waals surface area (Å²) in [6, 6.07) is 3.82. The molecule has 0 saturated heterocycles. The molecule has 3 aromatic rings. The lowest BCUT2D eigenvalue weighted by molar-refractivity contribution is 0.0461. The number of carbonyl (C=O) groups is 1. The van der Waals surface area contributed by atoms with Crippen molar-refractivity contribution in [1.29, 1.82) is 0 Å². The molecule has 0 amide bonds. The number of nitrogens with zero attached hydrogens (tertiary/aromatic N) is 1. The highest BCUT2D eigenvalue weighted by atomic mass is 32.1. The van der Waals surface area contributed by atoms with Crippen molar-refractivity contribution in [3.8, 4) is 5.75 Å². The van der Waals surface area contributed by atoms with E-state index in [4.69, 9.17) is 9.47 Å². The molecule has 0 aliphatic heterocycles. The number of rotatable bonds is 4. The third-order valence-electron chi connectivity index (χ3n) is 4.94. The maximum absolute atomic E-state index is 13.8. The number of H-pyrrole nitrogens is 1. The summed E-state index contributed by atoms with van der Waals surface area (Å²) in [5, 5.41) is 0.652. The van der Waals surface area contributed by atoms with E-state index in [2.05, 4.69) is 16.9 Å². The largest absolute Gasteiger partial charge is 0.494 e. The van der Waals surface area contributed by atoms with Crippen LogP contribution in [-0.4, -0.2) is 23.0 Å². The first-order chi connectivity index (χ1) is 13.5. The third-order valence-corrected chi connectivity index (χ3v) is 6.09. The van der Waals surface area contributed by atoms with Crippen LogP contribution in [0.15, 0.2) is 23.0 Å². The first kappa shape index (κ1) is 18.6. The lowest BCUT2D eigenvalue weighted by Gasteiger charge is -2.17. The molecule has 1 atom stereocenters. The van der Waals surface area contributed by atoms with Gasteiger partial charge in [-0.15, -0.1) is 11.3 Å². The molecule has 0 bridgehead atoms. The van der Waals surface area contributed by atoms with Gasteiger partial charge < -0.3 is 14.5 Å². The molecule has 0 spiro atoms. The van der Waals surface area contributed by atoms with E-state index in [1.807, 2.05) is 0 Å². The number of thiophene rings is 1. The fourth-order valence-corrected chi connectivity index (χ4v) is 4.87. The van der Waals surface area contributed by atoms with E-state index < -0.39 is 11.8 Å². The molecule has 1 N–H and O–H groups in total. The van der Waals surface area contributed by atoms with Crippen LogP contribution in [0.4, 0.5) is 4.39 Å². The van der Waals surface area contributed by atoms with Crippen LogP contribution in [0.3, 0.4) is 0 Å². The first-order valence-electron chi connectivity index (χ1n) is 9.00. The highest BCUT2D eigenvalue weighted by molar-refractivity contribution is 7.18. The molecular formula is C20H19FN2O4S. The monoisotopic (exact) mass is 402 g/mol. The molecule has 6 nitrogen and oxygen atoms in total. The Kier molecular flexibility index (Phi) is 4.89. The van der Waals surface area contributed by atoms with Crippen molar-refractivity contribution in [2.24, 2.45) is 5.92 Å². The van der Waals surface area contributed by atoms with Crippen LogP contribution in [0.1, 0.15) is 40.0 Å². The predicted octanol–water partition coefficient (Wildman–Crippen LogP) is 3.61. The van der Waals surface area contributed by atoms with E-state index in [1.165, 1.54) is 35.5 Å². The number of halogens is 1. The first-order valence-corrected chi connectivity index (χ1v) is 9.82. The van der Waals surface area contributed by atoms with Crippen LogP contribution >= 0.6 is 11.3 Å². The van der Waals surface area contributed by atoms with Crippen LogP contribution in [0.25, 0.3) is 10.2 Å². The zero-order valence-corrected chi connectivity index (χ0v) is 16.3. The second-order valence-corrected chi connectivity index (χ2v) is 8.05. The standard InChI is InChI=1S/C20H19FN2O4S/c1-10-3-5-12-15(7-10)28-19-17(12)18(24)22-16(23-19)9-27-20(25)11-4-6-14(26-2)13(21)8-11/h4,6,8,10H,3,5,7,9H2,1-2H3,(H,22,23,24)/t10-/m0/s1. The van der Waals surface area contributed by atoms with Gasteiger partial charge in [0.2, 0.25) is 0 Å². The zero-order valence-electron chi connectivity index (χ0n) is 15.5. The number of aromatic amines is 1. The van der Waals surface area contributed by atoms with Crippen molar-refractivity contribution in [2.75, 3.05) is 7.11 Å². The molecular weight excluding hydrogens is 383 g/mol. The van der Waals surface area contributed by atoms with Gasteiger partial charge in [-0.05, 0) is 48.9 Å².